The zero-order valence-electron chi connectivity index (χ0n) is 9.98. The summed E-state index contributed by atoms with van der Waals surface area (Å²) in [6, 6.07) is 2.91. The van der Waals surface area contributed by atoms with Crippen molar-refractivity contribution in [1.82, 2.24) is 4.90 Å². The molecule has 0 aromatic carbocycles. The molecule has 1 aliphatic heterocycles. The van der Waals surface area contributed by atoms with Crippen LogP contribution in [-0.4, -0.2) is 29.2 Å². The largest absolute Gasteiger partial charge is 0.396 e. The lowest BCUT2D eigenvalue weighted by Crippen LogP contribution is -2.28. The van der Waals surface area contributed by atoms with Crippen LogP contribution < -0.4 is 0 Å². The maximum absolute atomic E-state index is 8.90. The highest BCUT2D eigenvalue weighted by Gasteiger charge is 2.24. The van der Waals surface area contributed by atoms with Crippen molar-refractivity contribution in [1.29, 1.82) is 0 Å². The molecular formula is C13H21NOS. The van der Waals surface area contributed by atoms with Crippen LogP contribution in [0.2, 0.25) is 0 Å². The van der Waals surface area contributed by atoms with Gasteiger partial charge in [0.2, 0.25) is 0 Å². The van der Waals surface area contributed by atoms with E-state index in [1.54, 1.807) is 0 Å². The van der Waals surface area contributed by atoms with E-state index >= 15 is 0 Å². The standard InChI is InChI=1S/C13H21NOS/c1-11-6-9-16-13(11)10-14-7-2-4-12(14)5-3-8-15/h6,9,12,15H,2-5,7-8,10H2,1H3. The van der Waals surface area contributed by atoms with Crippen molar-refractivity contribution in [3.8, 4) is 0 Å². The summed E-state index contributed by atoms with van der Waals surface area (Å²) in [4.78, 5) is 4.10. The molecule has 3 heteroatoms. The van der Waals surface area contributed by atoms with Gasteiger partial charge in [-0.1, -0.05) is 0 Å². The lowest BCUT2D eigenvalue weighted by atomic mass is 10.1. The highest BCUT2D eigenvalue weighted by molar-refractivity contribution is 7.10. The first-order valence-corrected chi connectivity index (χ1v) is 7.07. The molecule has 2 heterocycles. The number of hydrogen-bond donors (Lipinski definition) is 1. The molecule has 1 atom stereocenters. The van der Waals surface area contributed by atoms with Crippen LogP contribution in [0.1, 0.15) is 36.1 Å². The quantitative estimate of drug-likeness (QED) is 0.854. The summed E-state index contributed by atoms with van der Waals surface area (Å²) in [5.74, 6) is 0. The van der Waals surface area contributed by atoms with Gasteiger partial charge < -0.3 is 5.11 Å². The van der Waals surface area contributed by atoms with Crippen LogP contribution in [-0.2, 0) is 6.54 Å². The molecule has 0 spiro atoms. The maximum Gasteiger partial charge on any atom is 0.0431 e. The Bertz CT molecular complexity index is 323. The molecular weight excluding hydrogens is 218 g/mol. The van der Waals surface area contributed by atoms with Crippen LogP contribution in [0.3, 0.4) is 0 Å². The third-order valence-corrected chi connectivity index (χ3v) is 4.52. The van der Waals surface area contributed by atoms with Gasteiger partial charge in [0.05, 0.1) is 0 Å². The van der Waals surface area contributed by atoms with E-state index in [4.69, 9.17) is 5.11 Å². The molecule has 90 valence electrons. The van der Waals surface area contributed by atoms with Gasteiger partial charge >= 0.3 is 0 Å². The number of aryl methyl sites for hydroxylation is 1. The van der Waals surface area contributed by atoms with Crippen molar-refractivity contribution in [2.24, 2.45) is 0 Å². The second-order valence-electron chi connectivity index (χ2n) is 4.66. The molecule has 0 amide bonds. The van der Waals surface area contributed by atoms with Crippen molar-refractivity contribution in [3.05, 3.63) is 21.9 Å². The molecule has 1 aliphatic rings. The van der Waals surface area contributed by atoms with Gasteiger partial charge in [-0.2, -0.15) is 0 Å². The molecule has 2 nitrogen and oxygen atoms in total. The highest BCUT2D eigenvalue weighted by atomic mass is 32.1. The first-order valence-electron chi connectivity index (χ1n) is 6.19. The summed E-state index contributed by atoms with van der Waals surface area (Å²) < 4.78 is 0. The van der Waals surface area contributed by atoms with E-state index in [0.717, 1.165) is 19.4 Å². The molecule has 0 radical (unpaired) electrons. The van der Waals surface area contributed by atoms with Crippen molar-refractivity contribution >= 4 is 11.3 Å². The predicted octanol–water partition coefficient (Wildman–Crippen LogP) is 2.79. The number of likely N-dealkylation sites (tertiary alicyclic amines) is 1. The van der Waals surface area contributed by atoms with Gasteiger partial charge in [0.25, 0.3) is 0 Å². The fourth-order valence-corrected chi connectivity index (χ4v) is 3.44. The Kier molecular flexibility index (Phi) is 4.38. The molecule has 1 fully saturated rings. The summed E-state index contributed by atoms with van der Waals surface area (Å²) in [5, 5.41) is 11.1. The van der Waals surface area contributed by atoms with E-state index in [0.29, 0.717) is 12.6 Å². The lowest BCUT2D eigenvalue weighted by Gasteiger charge is -2.24. The Morgan fingerprint density at radius 3 is 3.12 bits per heavy atom. The Morgan fingerprint density at radius 1 is 1.56 bits per heavy atom. The topological polar surface area (TPSA) is 23.5 Å². The first-order chi connectivity index (χ1) is 7.81. The van der Waals surface area contributed by atoms with Crippen LogP contribution in [0, 0.1) is 6.92 Å². The summed E-state index contributed by atoms with van der Waals surface area (Å²) in [5.41, 5.74) is 1.43. The van der Waals surface area contributed by atoms with Crippen molar-refractivity contribution < 1.29 is 5.11 Å². The average Bonchev–Trinajstić information content (AvgIpc) is 2.87. The monoisotopic (exact) mass is 239 g/mol. The number of aliphatic hydroxyl groups is 1. The van der Waals surface area contributed by atoms with Crippen LogP contribution in [0.15, 0.2) is 11.4 Å². The third kappa shape index (κ3) is 2.84. The number of hydrogen-bond acceptors (Lipinski definition) is 3. The van der Waals surface area contributed by atoms with E-state index < -0.39 is 0 Å². The van der Waals surface area contributed by atoms with Crippen LogP contribution in [0.25, 0.3) is 0 Å². The second-order valence-corrected chi connectivity index (χ2v) is 5.66. The average molecular weight is 239 g/mol. The van der Waals surface area contributed by atoms with Gasteiger partial charge in [0.15, 0.2) is 0 Å². The van der Waals surface area contributed by atoms with E-state index in [2.05, 4.69) is 23.3 Å². The van der Waals surface area contributed by atoms with Crippen LogP contribution in [0.5, 0.6) is 0 Å². The van der Waals surface area contributed by atoms with Gasteiger partial charge in [-0.15, -0.1) is 11.3 Å². The van der Waals surface area contributed by atoms with Crippen molar-refractivity contribution in [2.45, 2.75) is 45.2 Å². The number of aliphatic hydroxyl groups excluding tert-OH is 1. The lowest BCUT2D eigenvalue weighted by molar-refractivity contribution is 0.211. The summed E-state index contributed by atoms with van der Waals surface area (Å²) in [6.45, 7) is 4.88. The van der Waals surface area contributed by atoms with E-state index in [1.807, 2.05) is 11.3 Å². The normalized spacial score (nSPS) is 21.8. The van der Waals surface area contributed by atoms with E-state index in [9.17, 15) is 0 Å². The van der Waals surface area contributed by atoms with Gasteiger partial charge in [-0.3, -0.25) is 4.90 Å². The van der Waals surface area contributed by atoms with Crippen LogP contribution >= 0.6 is 11.3 Å². The molecule has 1 N–H and O–H groups in total. The molecule has 0 aliphatic carbocycles. The molecule has 1 unspecified atom stereocenters. The minimum absolute atomic E-state index is 0.336. The van der Waals surface area contributed by atoms with Crippen molar-refractivity contribution in [3.63, 3.8) is 0 Å². The predicted molar refractivity (Wildman–Crippen MR) is 68.8 cm³/mol. The number of rotatable bonds is 5. The van der Waals surface area contributed by atoms with E-state index in [1.165, 1.54) is 29.8 Å². The number of nitrogens with zero attached hydrogens (tertiary/aromatic N) is 1. The fourth-order valence-electron chi connectivity index (χ4n) is 2.51. The Balaban J connectivity index is 1.91. The second kappa shape index (κ2) is 5.80. The molecule has 1 aromatic heterocycles. The summed E-state index contributed by atoms with van der Waals surface area (Å²) >= 11 is 1.87. The molecule has 16 heavy (non-hydrogen) atoms. The molecule has 1 aromatic rings. The van der Waals surface area contributed by atoms with Gasteiger partial charge in [0, 0.05) is 24.1 Å². The molecule has 1 saturated heterocycles. The smallest absolute Gasteiger partial charge is 0.0431 e. The Morgan fingerprint density at radius 2 is 2.44 bits per heavy atom. The third-order valence-electron chi connectivity index (χ3n) is 3.51. The van der Waals surface area contributed by atoms with Gasteiger partial charge in [0.1, 0.15) is 0 Å². The summed E-state index contributed by atoms with van der Waals surface area (Å²) in [7, 11) is 0. The zero-order chi connectivity index (χ0) is 11.4. The minimum atomic E-state index is 0.336. The van der Waals surface area contributed by atoms with Gasteiger partial charge in [-0.25, -0.2) is 0 Å². The highest BCUT2D eigenvalue weighted by Crippen LogP contribution is 2.26. The van der Waals surface area contributed by atoms with Crippen molar-refractivity contribution in [2.75, 3.05) is 13.2 Å². The Hall–Kier alpha value is -0.380. The maximum atomic E-state index is 8.90. The number of thiophene rings is 1. The Labute approximate surface area is 102 Å². The zero-order valence-corrected chi connectivity index (χ0v) is 10.8. The minimum Gasteiger partial charge on any atom is -0.396 e. The molecule has 0 bridgehead atoms. The SMILES string of the molecule is Cc1ccsc1CN1CCCC1CCCO. The van der Waals surface area contributed by atoms with Crippen LogP contribution in [0.4, 0.5) is 0 Å². The van der Waals surface area contributed by atoms with Gasteiger partial charge in [-0.05, 0) is 56.2 Å². The van der Waals surface area contributed by atoms with E-state index in [-0.39, 0.29) is 0 Å². The first kappa shape index (κ1) is 12.1. The molecule has 2 rings (SSSR count). The summed E-state index contributed by atoms with van der Waals surface area (Å²) in [6.07, 6.45) is 4.73. The fraction of sp³-hybridized carbons (Fsp3) is 0.692. The molecule has 0 saturated carbocycles.